The van der Waals surface area contributed by atoms with Crippen molar-refractivity contribution in [2.24, 2.45) is 11.7 Å². The van der Waals surface area contributed by atoms with E-state index in [0.717, 1.165) is 6.42 Å². The normalized spacial score (nSPS) is 33.2. The maximum atomic E-state index is 12.8. The fraction of sp³-hybridized carbons (Fsp3) is 0.400. The van der Waals surface area contributed by atoms with E-state index in [1.165, 1.54) is 17.2 Å². The Morgan fingerprint density at radius 2 is 2.15 bits per heavy atom. The quantitative estimate of drug-likeness (QED) is 0.678. The molecule has 1 aromatic rings. The third kappa shape index (κ3) is 1.09. The van der Waals surface area contributed by atoms with Crippen molar-refractivity contribution in [2.45, 2.75) is 18.4 Å². The second-order valence-corrected chi connectivity index (χ2v) is 3.81. The molecule has 0 saturated heterocycles. The van der Waals surface area contributed by atoms with Gasteiger partial charge in [-0.3, -0.25) is 0 Å². The Kier molecular flexibility index (Phi) is 1.86. The van der Waals surface area contributed by atoms with Gasteiger partial charge in [0.2, 0.25) is 0 Å². The molecule has 13 heavy (non-hydrogen) atoms. The number of rotatable bonds is 0. The van der Waals surface area contributed by atoms with E-state index in [-0.39, 0.29) is 18.2 Å². The Bertz CT molecular complexity index is 353. The molecule has 70 valence electrons. The van der Waals surface area contributed by atoms with Crippen LogP contribution in [0.5, 0.6) is 0 Å². The minimum Gasteiger partial charge on any atom is -0.327 e. The van der Waals surface area contributed by atoms with E-state index in [4.69, 9.17) is 5.73 Å². The van der Waals surface area contributed by atoms with Crippen molar-refractivity contribution in [1.82, 2.24) is 0 Å². The maximum Gasteiger partial charge on any atom is 0.123 e. The Morgan fingerprint density at radius 1 is 1.38 bits per heavy atom. The highest BCUT2D eigenvalue weighted by Crippen LogP contribution is 2.54. The van der Waals surface area contributed by atoms with E-state index < -0.39 is 0 Å². The van der Waals surface area contributed by atoms with Gasteiger partial charge in [0.15, 0.2) is 0 Å². The molecule has 3 heteroatoms. The summed E-state index contributed by atoms with van der Waals surface area (Å²) in [6, 6.07) is 5.42. The summed E-state index contributed by atoms with van der Waals surface area (Å²) in [7, 11) is 0. The number of fused-ring (bicyclic) bond motifs is 3. The van der Waals surface area contributed by atoms with Gasteiger partial charge in [-0.15, -0.1) is 12.4 Å². The zero-order chi connectivity index (χ0) is 8.29. The monoisotopic (exact) mass is 199 g/mol. The molecular formula is C10H11ClFN. The van der Waals surface area contributed by atoms with Crippen molar-refractivity contribution in [3.05, 3.63) is 35.1 Å². The lowest BCUT2D eigenvalue weighted by molar-refractivity contribution is 0.624. The molecule has 1 fully saturated rings. The third-order valence-corrected chi connectivity index (χ3v) is 3.15. The van der Waals surface area contributed by atoms with E-state index in [0.29, 0.717) is 17.9 Å². The zero-order valence-electron chi connectivity index (χ0n) is 7.03. The van der Waals surface area contributed by atoms with E-state index in [1.807, 2.05) is 6.07 Å². The SMILES string of the molecule is Cl.NC1C2Cc3cc(F)ccc3C12. The van der Waals surface area contributed by atoms with Gasteiger partial charge in [0.1, 0.15) is 5.82 Å². The van der Waals surface area contributed by atoms with Crippen LogP contribution in [0.15, 0.2) is 18.2 Å². The molecular weight excluding hydrogens is 189 g/mol. The second-order valence-electron chi connectivity index (χ2n) is 3.81. The van der Waals surface area contributed by atoms with Crippen molar-refractivity contribution in [3.8, 4) is 0 Å². The summed E-state index contributed by atoms with van der Waals surface area (Å²) >= 11 is 0. The maximum absolute atomic E-state index is 12.8. The van der Waals surface area contributed by atoms with Crippen LogP contribution in [-0.2, 0) is 6.42 Å². The Labute approximate surface area is 82.5 Å². The van der Waals surface area contributed by atoms with Crippen LogP contribution < -0.4 is 5.73 Å². The summed E-state index contributed by atoms with van der Waals surface area (Å²) in [4.78, 5) is 0. The van der Waals surface area contributed by atoms with E-state index in [2.05, 4.69) is 0 Å². The minimum absolute atomic E-state index is 0. The molecule has 0 spiro atoms. The Morgan fingerprint density at radius 3 is 2.92 bits per heavy atom. The van der Waals surface area contributed by atoms with Crippen molar-refractivity contribution in [2.75, 3.05) is 0 Å². The van der Waals surface area contributed by atoms with Crippen LogP contribution in [0.25, 0.3) is 0 Å². The lowest BCUT2D eigenvalue weighted by atomic mass is 10.1. The first-order chi connectivity index (χ1) is 5.77. The van der Waals surface area contributed by atoms with Crippen molar-refractivity contribution in [1.29, 1.82) is 0 Å². The van der Waals surface area contributed by atoms with Gasteiger partial charge >= 0.3 is 0 Å². The van der Waals surface area contributed by atoms with Crippen LogP contribution in [0.1, 0.15) is 17.0 Å². The van der Waals surface area contributed by atoms with Crippen molar-refractivity contribution >= 4 is 12.4 Å². The molecule has 1 nitrogen and oxygen atoms in total. The summed E-state index contributed by atoms with van der Waals surface area (Å²) in [6.45, 7) is 0. The highest BCUT2D eigenvalue weighted by atomic mass is 35.5. The van der Waals surface area contributed by atoms with Crippen molar-refractivity contribution < 1.29 is 4.39 Å². The summed E-state index contributed by atoms with van der Waals surface area (Å²) in [5, 5.41) is 0. The Balaban J connectivity index is 0.000000653. The van der Waals surface area contributed by atoms with E-state index in [1.54, 1.807) is 6.07 Å². The molecule has 0 aliphatic heterocycles. The van der Waals surface area contributed by atoms with Gasteiger partial charge in [-0.25, -0.2) is 4.39 Å². The van der Waals surface area contributed by atoms with Gasteiger partial charge in [-0.1, -0.05) is 6.07 Å². The molecule has 2 aliphatic carbocycles. The fourth-order valence-corrected chi connectivity index (χ4v) is 2.43. The number of hydrogen-bond donors (Lipinski definition) is 1. The number of hydrogen-bond acceptors (Lipinski definition) is 1. The molecule has 0 amide bonds. The molecule has 3 rings (SSSR count). The highest BCUT2D eigenvalue weighted by Gasteiger charge is 2.53. The minimum atomic E-state index is -0.122. The van der Waals surface area contributed by atoms with Crippen LogP contribution in [0.4, 0.5) is 4.39 Å². The summed E-state index contributed by atoms with van der Waals surface area (Å²) in [5.41, 5.74) is 8.29. The van der Waals surface area contributed by atoms with Crippen molar-refractivity contribution in [3.63, 3.8) is 0 Å². The lowest BCUT2D eigenvalue weighted by Crippen LogP contribution is -2.08. The molecule has 0 radical (unpaired) electrons. The highest BCUT2D eigenvalue weighted by molar-refractivity contribution is 5.85. The molecule has 0 heterocycles. The summed E-state index contributed by atoms with van der Waals surface area (Å²) in [5.74, 6) is 1.03. The van der Waals surface area contributed by atoms with Gasteiger partial charge in [0.05, 0.1) is 0 Å². The molecule has 0 aromatic heterocycles. The number of benzene rings is 1. The van der Waals surface area contributed by atoms with Crippen LogP contribution in [-0.4, -0.2) is 6.04 Å². The summed E-state index contributed by atoms with van der Waals surface area (Å²) in [6.07, 6.45) is 0.985. The Hall–Kier alpha value is -0.600. The van der Waals surface area contributed by atoms with Crippen LogP contribution in [0.3, 0.4) is 0 Å². The molecule has 3 unspecified atom stereocenters. The van der Waals surface area contributed by atoms with Gasteiger partial charge in [-0.05, 0) is 35.6 Å². The molecule has 3 atom stereocenters. The van der Waals surface area contributed by atoms with Crippen LogP contribution in [0.2, 0.25) is 0 Å². The smallest absolute Gasteiger partial charge is 0.123 e. The number of halogens is 2. The topological polar surface area (TPSA) is 26.0 Å². The molecule has 2 aliphatic rings. The number of nitrogens with two attached hydrogens (primary N) is 1. The van der Waals surface area contributed by atoms with Crippen LogP contribution >= 0.6 is 12.4 Å². The van der Waals surface area contributed by atoms with Gasteiger partial charge < -0.3 is 5.73 Å². The predicted molar refractivity (Wildman–Crippen MR) is 51.6 cm³/mol. The first kappa shape index (κ1) is 8.97. The largest absolute Gasteiger partial charge is 0.327 e. The molecule has 0 bridgehead atoms. The third-order valence-electron chi connectivity index (χ3n) is 3.15. The lowest BCUT2D eigenvalue weighted by Gasteiger charge is -2.03. The zero-order valence-corrected chi connectivity index (χ0v) is 7.85. The first-order valence-corrected chi connectivity index (χ1v) is 4.31. The van der Waals surface area contributed by atoms with Gasteiger partial charge in [0.25, 0.3) is 0 Å². The van der Waals surface area contributed by atoms with Gasteiger partial charge in [-0.2, -0.15) is 0 Å². The molecule has 2 N–H and O–H groups in total. The van der Waals surface area contributed by atoms with E-state index in [9.17, 15) is 4.39 Å². The van der Waals surface area contributed by atoms with E-state index >= 15 is 0 Å². The standard InChI is InChI=1S/C10H10FN.ClH/c11-6-1-2-7-5(3-6)4-8-9(7)10(8)12;/h1-3,8-10H,4,12H2;1H. The average molecular weight is 200 g/mol. The summed E-state index contributed by atoms with van der Waals surface area (Å²) < 4.78 is 12.8. The van der Waals surface area contributed by atoms with Gasteiger partial charge in [0, 0.05) is 12.0 Å². The molecule has 1 aromatic carbocycles. The van der Waals surface area contributed by atoms with Crippen LogP contribution in [0, 0.1) is 11.7 Å². The average Bonchev–Trinajstić information content (AvgIpc) is 2.57. The predicted octanol–water partition coefficient (Wildman–Crippen LogP) is 1.84. The molecule has 1 saturated carbocycles. The first-order valence-electron chi connectivity index (χ1n) is 4.31. The second kappa shape index (κ2) is 2.69. The fourth-order valence-electron chi connectivity index (χ4n) is 2.43.